The summed E-state index contributed by atoms with van der Waals surface area (Å²) in [6.45, 7) is 2.10. The number of likely N-dealkylation sites (tertiary alicyclic amines) is 2. The van der Waals surface area contributed by atoms with E-state index in [2.05, 4.69) is 31.0 Å². The van der Waals surface area contributed by atoms with Crippen LogP contribution in [0.3, 0.4) is 0 Å². The monoisotopic (exact) mass is 508 g/mol. The van der Waals surface area contributed by atoms with Gasteiger partial charge >= 0.3 is 0 Å². The van der Waals surface area contributed by atoms with Gasteiger partial charge in [-0.15, -0.1) is 0 Å². The number of H-pyrrole nitrogens is 1. The first-order valence-corrected chi connectivity index (χ1v) is 13.1. The van der Waals surface area contributed by atoms with Gasteiger partial charge in [-0.3, -0.25) is 14.4 Å². The minimum atomic E-state index is -2.62. The zero-order chi connectivity index (χ0) is 25.6. The summed E-state index contributed by atoms with van der Waals surface area (Å²) in [5.74, 6) is -2.68. The molecule has 2 unspecified atom stereocenters. The Kier molecular flexibility index (Phi) is 6.15. The number of alkyl halides is 2. The lowest BCUT2D eigenvalue weighted by Crippen LogP contribution is -2.59. The minimum Gasteiger partial charge on any atom is -0.346 e. The second-order valence-corrected chi connectivity index (χ2v) is 10.6. The molecule has 9 nitrogen and oxygen atoms in total. The van der Waals surface area contributed by atoms with Crippen LogP contribution in [0.25, 0.3) is 22.3 Å². The van der Waals surface area contributed by atoms with Gasteiger partial charge in [0, 0.05) is 80.1 Å². The Hall–Kier alpha value is -3.39. The van der Waals surface area contributed by atoms with Crippen LogP contribution >= 0.6 is 0 Å². The summed E-state index contributed by atoms with van der Waals surface area (Å²) in [7, 11) is 0. The van der Waals surface area contributed by atoms with Crippen LogP contribution in [-0.2, 0) is 4.79 Å². The molecule has 1 aliphatic carbocycles. The first-order chi connectivity index (χ1) is 17.9. The molecule has 3 aliphatic rings. The number of nitrogens with zero attached hydrogens (tertiary/aromatic N) is 7. The summed E-state index contributed by atoms with van der Waals surface area (Å²) in [5, 5.41) is 15.0. The number of fused-ring (bicyclic) bond motifs is 1. The van der Waals surface area contributed by atoms with Crippen LogP contribution in [0.1, 0.15) is 51.1 Å². The number of carbonyl (C=O) groups excluding carboxylic acids is 1. The molecule has 0 radical (unpaired) electrons. The molecule has 6 rings (SSSR count). The van der Waals surface area contributed by atoms with Crippen molar-refractivity contribution in [3.63, 3.8) is 0 Å². The Morgan fingerprint density at radius 1 is 1.19 bits per heavy atom. The Labute approximate surface area is 213 Å². The predicted molar refractivity (Wildman–Crippen MR) is 131 cm³/mol. The molecule has 1 saturated carbocycles. The topological polar surface area (TPSA) is 107 Å². The van der Waals surface area contributed by atoms with E-state index < -0.39 is 5.92 Å². The van der Waals surface area contributed by atoms with Crippen LogP contribution in [0.4, 0.5) is 8.78 Å². The number of rotatable bonds is 5. The number of piperidine rings is 1. The van der Waals surface area contributed by atoms with Gasteiger partial charge in [-0.25, -0.2) is 18.7 Å². The molecule has 2 saturated heterocycles. The van der Waals surface area contributed by atoms with E-state index in [4.69, 9.17) is 0 Å². The van der Waals surface area contributed by atoms with Crippen LogP contribution in [0.2, 0.25) is 0 Å². The average Bonchev–Trinajstić information content (AvgIpc) is 3.56. The van der Waals surface area contributed by atoms with Crippen LogP contribution in [0.15, 0.2) is 31.0 Å². The van der Waals surface area contributed by atoms with Crippen LogP contribution < -0.4 is 0 Å². The fourth-order valence-electron chi connectivity index (χ4n) is 6.30. The van der Waals surface area contributed by atoms with Crippen molar-refractivity contribution in [1.29, 1.82) is 5.26 Å². The highest BCUT2D eigenvalue weighted by Gasteiger charge is 2.46. The first kappa shape index (κ1) is 24.0. The Bertz CT molecular complexity index is 1310. The third-order valence-corrected chi connectivity index (χ3v) is 8.37. The van der Waals surface area contributed by atoms with Gasteiger partial charge in [-0.1, -0.05) is 0 Å². The van der Waals surface area contributed by atoms with Crippen molar-refractivity contribution in [2.24, 2.45) is 11.8 Å². The van der Waals surface area contributed by atoms with Gasteiger partial charge in [-0.05, 0) is 31.7 Å². The van der Waals surface area contributed by atoms with Gasteiger partial charge in [0.25, 0.3) is 0 Å². The largest absolute Gasteiger partial charge is 0.346 e. The number of aromatic amines is 1. The van der Waals surface area contributed by atoms with E-state index >= 15 is 0 Å². The summed E-state index contributed by atoms with van der Waals surface area (Å²) in [6, 6.07) is 4.55. The lowest BCUT2D eigenvalue weighted by Gasteiger charge is -2.53. The number of nitriles is 1. The van der Waals surface area contributed by atoms with E-state index in [1.165, 1.54) is 6.33 Å². The number of hydrogen-bond acceptors (Lipinski definition) is 6. The average molecular weight is 509 g/mol. The highest BCUT2D eigenvalue weighted by molar-refractivity contribution is 5.90. The van der Waals surface area contributed by atoms with E-state index in [9.17, 15) is 18.8 Å². The van der Waals surface area contributed by atoms with E-state index in [0.29, 0.717) is 19.5 Å². The van der Waals surface area contributed by atoms with E-state index in [1.54, 1.807) is 0 Å². The van der Waals surface area contributed by atoms with Crippen molar-refractivity contribution >= 4 is 16.9 Å². The highest BCUT2D eigenvalue weighted by atomic mass is 19.3. The standard InChI is InChI=1S/C26H30F2N8O/c27-26(28)7-1-17(2-8-26)25(37)34-11-5-20(6-12-34)35-14-18(3-9-29)24(35)36-15-19(13-33-36)22-21-4-10-30-23(21)32-16-31-22/h4,10,13,15-18,20,24H,1-3,5-8,11-12,14H2,(H,30,31,32). The molecule has 2 aliphatic heterocycles. The SMILES string of the molecule is N#CCC1CN(C2CCN(C(=O)C3CCC(F)(F)CC3)CC2)C1n1cc(-c2ncnc3[nH]ccc23)cn1. The lowest BCUT2D eigenvalue weighted by atomic mass is 9.84. The molecule has 3 fully saturated rings. The molecule has 2 atom stereocenters. The van der Waals surface area contributed by atoms with Gasteiger partial charge in [-0.2, -0.15) is 10.4 Å². The second kappa shape index (κ2) is 9.49. The maximum absolute atomic E-state index is 13.5. The number of aromatic nitrogens is 5. The lowest BCUT2D eigenvalue weighted by molar-refractivity contribution is -0.143. The molecule has 3 aromatic rings. The summed E-state index contributed by atoms with van der Waals surface area (Å²) >= 11 is 0. The smallest absolute Gasteiger partial charge is 0.248 e. The van der Waals surface area contributed by atoms with Crippen molar-refractivity contribution in [1.82, 2.24) is 34.5 Å². The summed E-state index contributed by atoms with van der Waals surface area (Å²) in [6.07, 6.45) is 9.44. The number of amides is 1. The third-order valence-electron chi connectivity index (χ3n) is 8.37. The fourth-order valence-corrected chi connectivity index (χ4v) is 6.30. The van der Waals surface area contributed by atoms with Gasteiger partial charge in [0.15, 0.2) is 0 Å². The van der Waals surface area contributed by atoms with Crippen molar-refractivity contribution in [2.75, 3.05) is 19.6 Å². The highest BCUT2D eigenvalue weighted by Crippen LogP contribution is 2.42. The van der Waals surface area contributed by atoms with Crippen molar-refractivity contribution < 1.29 is 13.6 Å². The van der Waals surface area contributed by atoms with Gasteiger partial charge in [0.1, 0.15) is 18.1 Å². The van der Waals surface area contributed by atoms with Crippen LogP contribution in [0, 0.1) is 23.2 Å². The zero-order valence-electron chi connectivity index (χ0n) is 20.6. The van der Waals surface area contributed by atoms with Crippen LogP contribution in [0.5, 0.6) is 0 Å². The van der Waals surface area contributed by atoms with Crippen molar-refractivity contribution in [3.8, 4) is 17.3 Å². The Balaban J connectivity index is 1.13. The molecule has 0 aromatic carbocycles. The third kappa shape index (κ3) is 4.48. The normalized spacial score (nSPS) is 25.2. The maximum Gasteiger partial charge on any atom is 0.248 e. The summed E-state index contributed by atoms with van der Waals surface area (Å²) in [4.78, 5) is 29.1. The Morgan fingerprint density at radius 2 is 1.97 bits per heavy atom. The molecule has 11 heteroatoms. The van der Waals surface area contributed by atoms with Gasteiger partial charge < -0.3 is 9.88 Å². The molecular weight excluding hydrogens is 478 g/mol. The Morgan fingerprint density at radius 3 is 2.73 bits per heavy atom. The van der Waals surface area contributed by atoms with E-state index in [-0.39, 0.29) is 55.6 Å². The molecule has 0 spiro atoms. The predicted octanol–water partition coefficient (Wildman–Crippen LogP) is 3.98. The molecule has 194 valence electrons. The molecule has 1 N–H and O–H groups in total. The minimum absolute atomic E-state index is 0.0234. The number of halogens is 2. The molecule has 3 aromatic heterocycles. The van der Waals surface area contributed by atoms with Gasteiger partial charge in [0.05, 0.1) is 18.0 Å². The second-order valence-electron chi connectivity index (χ2n) is 10.6. The zero-order valence-corrected chi connectivity index (χ0v) is 20.6. The molecular formula is C26H30F2N8O. The summed E-state index contributed by atoms with van der Waals surface area (Å²) < 4.78 is 29.0. The fraction of sp³-hybridized carbons (Fsp3) is 0.577. The number of carbonyl (C=O) groups is 1. The van der Waals surface area contributed by atoms with E-state index in [1.807, 2.05) is 34.2 Å². The summed E-state index contributed by atoms with van der Waals surface area (Å²) in [5.41, 5.74) is 2.48. The number of hydrogen-bond donors (Lipinski definition) is 1. The van der Waals surface area contributed by atoms with E-state index in [0.717, 1.165) is 41.7 Å². The molecule has 37 heavy (non-hydrogen) atoms. The molecule has 0 bridgehead atoms. The first-order valence-electron chi connectivity index (χ1n) is 13.1. The molecule has 1 amide bonds. The van der Waals surface area contributed by atoms with Crippen molar-refractivity contribution in [3.05, 3.63) is 31.0 Å². The maximum atomic E-state index is 13.5. The molecule has 5 heterocycles. The quantitative estimate of drug-likeness (QED) is 0.559. The van der Waals surface area contributed by atoms with Crippen LogP contribution in [-0.4, -0.2) is 72.0 Å². The van der Waals surface area contributed by atoms with Gasteiger partial charge in [0.2, 0.25) is 11.8 Å². The number of nitrogens with one attached hydrogen (secondary N) is 1. The van der Waals surface area contributed by atoms with Crippen molar-refractivity contribution in [2.45, 2.75) is 63.1 Å².